The lowest BCUT2D eigenvalue weighted by molar-refractivity contribution is -0.146. The molecule has 0 aromatic heterocycles. The number of fused-ring (bicyclic) bond motifs is 2. The maximum Gasteiger partial charge on any atom is 0.410 e. The Bertz CT molecular complexity index is 1010. The Morgan fingerprint density at radius 3 is 2.57 bits per heavy atom. The van der Waals surface area contributed by atoms with Gasteiger partial charge in [0.25, 0.3) is 0 Å². The average Bonchev–Trinajstić information content (AvgIpc) is 3.27. The van der Waals surface area contributed by atoms with Crippen molar-refractivity contribution < 1.29 is 19.1 Å². The molecule has 2 aromatic rings. The lowest BCUT2D eigenvalue weighted by atomic mass is 9.76. The molecule has 6 heteroatoms. The van der Waals surface area contributed by atoms with Gasteiger partial charge in [0.15, 0.2) is 0 Å². The molecule has 0 radical (unpaired) electrons. The Labute approximate surface area is 175 Å². The molecule has 1 aliphatic carbocycles. The third-order valence-corrected chi connectivity index (χ3v) is 6.72. The van der Waals surface area contributed by atoms with E-state index >= 15 is 0 Å². The van der Waals surface area contributed by atoms with E-state index < -0.39 is 12.0 Å². The van der Waals surface area contributed by atoms with E-state index in [1.807, 2.05) is 61.5 Å². The van der Waals surface area contributed by atoms with Gasteiger partial charge in [-0.2, -0.15) is 0 Å². The predicted molar refractivity (Wildman–Crippen MR) is 109 cm³/mol. The maximum absolute atomic E-state index is 13.2. The normalized spacial score (nSPS) is 26.8. The van der Waals surface area contributed by atoms with E-state index in [-0.39, 0.29) is 36.4 Å². The maximum atomic E-state index is 13.2. The second-order valence-corrected chi connectivity index (χ2v) is 8.37. The number of rotatable bonds is 3. The molecule has 0 N–H and O–H groups in total. The number of imide groups is 1. The number of ether oxygens (including phenoxy) is 1. The topological polar surface area (TPSA) is 66.9 Å². The molecule has 3 aliphatic rings. The predicted octanol–water partition coefficient (Wildman–Crippen LogP) is 3.11. The van der Waals surface area contributed by atoms with Gasteiger partial charge in [-0.1, -0.05) is 61.5 Å². The largest absolute Gasteiger partial charge is 0.445 e. The summed E-state index contributed by atoms with van der Waals surface area (Å²) in [6.45, 7) is 2.49. The van der Waals surface area contributed by atoms with Crippen LogP contribution in [0.2, 0.25) is 0 Å². The number of nitrogens with zero attached hydrogens (tertiary/aromatic N) is 2. The summed E-state index contributed by atoms with van der Waals surface area (Å²) in [7, 11) is 0. The van der Waals surface area contributed by atoms with E-state index in [9.17, 15) is 14.4 Å². The zero-order chi connectivity index (χ0) is 20.8. The van der Waals surface area contributed by atoms with Crippen molar-refractivity contribution in [3.8, 4) is 0 Å². The molecule has 2 aliphatic heterocycles. The lowest BCUT2D eigenvalue weighted by Crippen LogP contribution is -2.46. The molecule has 2 heterocycles. The van der Waals surface area contributed by atoms with Crippen molar-refractivity contribution in [2.24, 2.45) is 5.92 Å². The number of likely N-dealkylation sites (tertiary alicyclic amines) is 2. The Morgan fingerprint density at radius 1 is 1.07 bits per heavy atom. The molecule has 2 fully saturated rings. The van der Waals surface area contributed by atoms with Gasteiger partial charge in [0, 0.05) is 6.54 Å². The van der Waals surface area contributed by atoms with Crippen LogP contribution in [0.15, 0.2) is 54.6 Å². The van der Waals surface area contributed by atoms with Crippen molar-refractivity contribution >= 4 is 17.9 Å². The highest BCUT2D eigenvalue weighted by molar-refractivity contribution is 6.03. The van der Waals surface area contributed by atoms with Gasteiger partial charge in [-0.15, -0.1) is 0 Å². The molecule has 2 saturated heterocycles. The zero-order valence-electron chi connectivity index (χ0n) is 16.9. The van der Waals surface area contributed by atoms with Gasteiger partial charge in [0.1, 0.15) is 6.61 Å². The summed E-state index contributed by atoms with van der Waals surface area (Å²) in [6, 6.07) is 16.8. The third kappa shape index (κ3) is 2.90. The first-order valence-corrected chi connectivity index (χ1v) is 10.5. The molecular weight excluding hydrogens is 380 g/mol. The fourth-order valence-corrected chi connectivity index (χ4v) is 5.15. The van der Waals surface area contributed by atoms with E-state index in [1.165, 1.54) is 10.5 Å². The fraction of sp³-hybridized carbons (Fsp3) is 0.375. The van der Waals surface area contributed by atoms with Crippen LogP contribution in [0.3, 0.4) is 0 Å². The molecular formula is C24H24N2O4. The van der Waals surface area contributed by atoms with Gasteiger partial charge >= 0.3 is 6.09 Å². The van der Waals surface area contributed by atoms with Gasteiger partial charge in [0.2, 0.25) is 11.8 Å². The molecule has 6 nitrogen and oxygen atoms in total. The van der Waals surface area contributed by atoms with E-state index in [0.29, 0.717) is 19.4 Å². The Balaban J connectivity index is 1.30. The average molecular weight is 404 g/mol. The molecule has 1 unspecified atom stereocenters. The summed E-state index contributed by atoms with van der Waals surface area (Å²) in [5.41, 5.74) is 3.10. The van der Waals surface area contributed by atoms with Crippen molar-refractivity contribution in [1.29, 1.82) is 0 Å². The summed E-state index contributed by atoms with van der Waals surface area (Å²) >= 11 is 0. The van der Waals surface area contributed by atoms with E-state index in [2.05, 4.69) is 0 Å². The molecule has 30 heavy (non-hydrogen) atoms. The van der Waals surface area contributed by atoms with Gasteiger partial charge in [-0.05, 0) is 29.5 Å². The quantitative estimate of drug-likeness (QED) is 0.738. The standard InChI is InChI=1S/C24H24N2O4/c1-15-21-20(11-12-25(21)24(29)30-14-16-7-3-2-4-8-16)26(22(15)27)23(28)19-13-17-9-5-6-10-18(17)19/h2-10,15,19-21H,11-14H2,1H3/t15-,19?,20-,21+/m1/s1. The van der Waals surface area contributed by atoms with Crippen molar-refractivity contribution in [1.82, 2.24) is 9.80 Å². The van der Waals surface area contributed by atoms with E-state index in [1.54, 1.807) is 4.90 Å². The highest BCUT2D eigenvalue weighted by atomic mass is 16.6. The second kappa shape index (κ2) is 7.27. The number of hydrogen-bond donors (Lipinski definition) is 0. The summed E-state index contributed by atoms with van der Waals surface area (Å²) in [6.07, 6.45) is 0.851. The molecule has 4 atom stereocenters. The van der Waals surface area contributed by atoms with Crippen molar-refractivity contribution in [2.45, 2.75) is 44.4 Å². The minimum absolute atomic E-state index is 0.127. The van der Waals surface area contributed by atoms with Crippen LogP contribution in [0.5, 0.6) is 0 Å². The first kappa shape index (κ1) is 18.9. The number of amides is 3. The number of hydrogen-bond acceptors (Lipinski definition) is 4. The van der Waals surface area contributed by atoms with Crippen molar-refractivity contribution in [3.63, 3.8) is 0 Å². The van der Waals surface area contributed by atoms with E-state index in [4.69, 9.17) is 4.74 Å². The Hall–Kier alpha value is -3.15. The van der Waals surface area contributed by atoms with Crippen molar-refractivity contribution in [2.75, 3.05) is 6.54 Å². The van der Waals surface area contributed by atoms with Crippen LogP contribution in [-0.4, -0.2) is 46.3 Å². The van der Waals surface area contributed by atoms with Gasteiger partial charge in [-0.3, -0.25) is 14.5 Å². The smallest absolute Gasteiger partial charge is 0.410 e. The van der Waals surface area contributed by atoms with Crippen LogP contribution in [0, 0.1) is 5.92 Å². The molecule has 3 amide bonds. The molecule has 0 saturated carbocycles. The van der Waals surface area contributed by atoms with Crippen LogP contribution in [0.25, 0.3) is 0 Å². The fourth-order valence-electron chi connectivity index (χ4n) is 5.15. The Morgan fingerprint density at radius 2 is 1.80 bits per heavy atom. The zero-order valence-corrected chi connectivity index (χ0v) is 16.9. The van der Waals surface area contributed by atoms with Crippen LogP contribution in [0.1, 0.15) is 36.0 Å². The van der Waals surface area contributed by atoms with Crippen LogP contribution < -0.4 is 0 Å². The lowest BCUT2D eigenvalue weighted by Gasteiger charge is -2.33. The number of benzene rings is 2. The first-order chi connectivity index (χ1) is 14.6. The van der Waals surface area contributed by atoms with Gasteiger partial charge < -0.3 is 9.64 Å². The minimum Gasteiger partial charge on any atom is -0.445 e. The van der Waals surface area contributed by atoms with Gasteiger partial charge in [-0.25, -0.2) is 4.79 Å². The van der Waals surface area contributed by atoms with Crippen molar-refractivity contribution in [3.05, 3.63) is 71.3 Å². The van der Waals surface area contributed by atoms with Crippen LogP contribution in [-0.2, 0) is 27.4 Å². The van der Waals surface area contributed by atoms with Gasteiger partial charge in [0.05, 0.1) is 23.9 Å². The molecule has 5 rings (SSSR count). The third-order valence-electron chi connectivity index (χ3n) is 6.72. The monoisotopic (exact) mass is 404 g/mol. The molecule has 2 aromatic carbocycles. The summed E-state index contributed by atoms with van der Waals surface area (Å²) < 4.78 is 5.50. The summed E-state index contributed by atoms with van der Waals surface area (Å²) in [4.78, 5) is 42.1. The summed E-state index contributed by atoms with van der Waals surface area (Å²) in [5, 5.41) is 0. The Kier molecular flexibility index (Phi) is 4.57. The highest BCUT2D eigenvalue weighted by Crippen LogP contribution is 2.42. The minimum atomic E-state index is -0.422. The van der Waals surface area contributed by atoms with Crippen LogP contribution in [0.4, 0.5) is 4.79 Å². The highest BCUT2D eigenvalue weighted by Gasteiger charge is 2.56. The molecule has 0 bridgehead atoms. The SMILES string of the molecule is C[C@H]1C(=O)N(C(=O)C2Cc3ccccc32)[C@@H]2CCN(C(=O)OCc3ccccc3)[C@H]21. The molecule has 0 spiro atoms. The second-order valence-electron chi connectivity index (χ2n) is 8.37. The number of carbonyl (C=O) groups is 3. The van der Waals surface area contributed by atoms with E-state index in [0.717, 1.165) is 11.1 Å². The number of carbonyl (C=O) groups excluding carboxylic acids is 3. The van der Waals surface area contributed by atoms with Crippen LogP contribution >= 0.6 is 0 Å². The molecule has 154 valence electrons. The summed E-state index contributed by atoms with van der Waals surface area (Å²) in [5.74, 6) is -0.978. The first-order valence-electron chi connectivity index (χ1n) is 10.5.